The Labute approximate surface area is 132 Å². The molecule has 2 heterocycles. The van der Waals surface area contributed by atoms with E-state index in [9.17, 15) is 13.2 Å². The number of hydrogen-bond donors (Lipinski definition) is 0. The summed E-state index contributed by atoms with van der Waals surface area (Å²) in [5.41, 5.74) is 2.07. The lowest BCUT2D eigenvalue weighted by Crippen LogP contribution is -2.04. The van der Waals surface area contributed by atoms with Gasteiger partial charge in [-0.25, -0.2) is 4.98 Å². The molecule has 0 bridgehead atoms. The monoisotopic (exact) mass is 402 g/mol. The summed E-state index contributed by atoms with van der Waals surface area (Å²) in [6.07, 6.45) is -0.701. The average molecular weight is 402 g/mol. The average Bonchev–Trinajstić information content (AvgIpc) is 2.82. The van der Waals surface area contributed by atoms with Crippen molar-refractivity contribution in [1.82, 2.24) is 9.38 Å². The van der Waals surface area contributed by atoms with Crippen LogP contribution in [0.25, 0.3) is 16.9 Å². The number of alkyl halides is 3. The zero-order valence-corrected chi connectivity index (χ0v) is 13.1. The molecule has 0 spiro atoms. The molecular weight excluding hydrogens is 392 g/mol. The summed E-state index contributed by atoms with van der Waals surface area (Å²) in [6.45, 7) is 1.93. The minimum atomic E-state index is -4.35. The number of benzene rings is 1. The number of rotatable bonds is 1. The van der Waals surface area contributed by atoms with E-state index in [1.54, 1.807) is 12.3 Å². The van der Waals surface area contributed by atoms with Gasteiger partial charge >= 0.3 is 6.18 Å². The van der Waals surface area contributed by atoms with Crippen molar-refractivity contribution in [3.63, 3.8) is 0 Å². The van der Waals surface area contributed by atoms with Gasteiger partial charge < -0.3 is 4.40 Å². The fraction of sp³-hybridized carbons (Fsp3) is 0.133. The van der Waals surface area contributed by atoms with E-state index in [1.807, 2.05) is 23.6 Å². The summed E-state index contributed by atoms with van der Waals surface area (Å²) in [5.74, 6) is 0. The Morgan fingerprint density at radius 1 is 1.14 bits per heavy atom. The largest absolute Gasteiger partial charge is 0.416 e. The molecule has 21 heavy (non-hydrogen) atoms. The lowest BCUT2D eigenvalue weighted by Gasteiger charge is -2.07. The first-order chi connectivity index (χ1) is 9.84. The number of aryl methyl sites for hydroxylation is 1. The second kappa shape index (κ2) is 5.01. The molecule has 0 N–H and O–H groups in total. The second-order valence-corrected chi connectivity index (χ2v) is 6.02. The fourth-order valence-electron chi connectivity index (χ4n) is 2.22. The molecule has 0 atom stereocenters. The van der Waals surface area contributed by atoms with E-state index in [2.05, 4.69) is 27.6 Å². The molecule has 0 saturated carbocycles. The van der Waals surface area contributed by atoms with Gasteiger partial charge in [-0.3, -0.25) is 0 Å². The summed E-state index contributed by atoms with van der Waals surface area (Å²) in [5, 5.41) is 0. The van der Waals surface area contributed by atoms with E-state index in [4.69, 9.17) is 0 Å². The van der Waals surface area contributed by atoms with Crippen molar-refractivity contribution in [3.8, 4) is 11.3 Å². The lowest BCUT2D eigenvalue weighted by molar-refractivity contribution is -0.137. The van der Waals surface area contributed by atoms with Crippen molar-refractivity contribution in [1.29, 1.82) is 0 Å². The second-order valence-electron chi connectivity index (χ2n) is 4.78. The zero-order chi connectivity index (χ0) is 15.2. The Hall–Kier alpha value is -1.57. The van der Waals surface area contributed by atoms with Crippen LogP contribution in [0.4, 0.5) is 13.2 Å². The number of fused-ring (bicyclic) bond motifs is 1. The number of halogens is 4. The van der Waals surface area contributed by atoms with Gasteiger partial charge in [-0.15, -0.1) is 0 Å². The molecule has 0 fully saturated rings. The maximum Gasteiger partial charge on any atom is 0.416 e. The van der Waals surface area contributed by atoms with Gasteiger partial charge in [0.05, 0.1) is 11.3 Å². The standard InChI is InChI=1S/C15H10F3IN2/c1-9-5-12(19)7-21-8-13(20-14(9)21)10-3-2-4-11(6-10)15(16,17)18/h2-8H,1H3. The molecule has 2 nitrogen and oxygen atoms in total. The molecule has 0 aliphatic rings. The van der Waals surface area contributed by atoms with Gasteiger partial charge in [0.1, 0.15) is 5.65 Å². The van der Waals surface area contributed by atoms with E-state index >= 15 is 0 Å². The smallest absolute Gasteiger partial charge is 0.305 e. The van der Waals surface area contributed by atoms with Crippen LogP contribution in [0.1, 0.15) is 11.1 Å². The van der Waals surface area contributed by atoms with Crippen LogP contribution in [-0.2, 0) is 6.18 Å². The van der Waals surface area contributed by atoms with Crippen LogP contribution in [0.15, 0.2) is 42.7 Å². The molecule has 0 unspecified atom stereocenters. The van der Waals surface area contributed by atoms with E-state index in [0.717, 1.165) is 26.9 Å². The Morgan fingerprint density at radius 2 is 1.90 bits per heavy atom. The van der Waals surface area contributed by atoms with Gasteiger partial charge in [-0.05, 0) is 53.3 Å². The van der Waals surface area contributed by atoms with Crippen LogP contribution in [0.2, 0.25) is 0 Å². The highest BCUT2D eigenvalue weighted by Crippen LogP contribution is 2.32. The fourth-order valence-corrected chi connectivity index (χ4v) is 2.99. The van der Waals surface area contributed by atoms with Gasteiger partial charge in [0, 0.05) is 21.5 Å². The number of nitrogens with zero attached hydrogens (tertiary/aromatic N) is 2. The molecular formula is C15H10F3IN2. The third kappa shape index (κ3) is 2.76. The van der Waals surface area contributed by atoms with Crippen molar-refractivity contribution in [2.45, 2.75) is 13.1 Å². The third-order valence-corrected chi connectivity index (χ3v) is 3.78. The molecule has 3 aromatic rings. The molecule has 6 heteroatoms. The van der Waals surface area contributed by atoms with Crippen LogP contribution >= 0.6 is 22.6 Å². The number of imidazole rings is 1. The highest BCUT2D eigenvalue weighted by molar-refractivity contribution is 14.1. The number of aromatic nitrogens is 2. The van der Waals surface area contributed by atoms with Gasteiger partial charge in [-0.1, -0.05) is 12.1 Å². The summed E-state index contributed by atoms with van der Waals surface area (Å²) in [7, 11) is 0. The number of hydrogen-bond acceptors (Lipinski definition) is 1. The van der Waals surface area contributed by atoms with Crippen LogP contribution in [-0.4, -0.2) is 9.38 Å². The molecule has 1 aromatic carbocycles. The van der Waals surface area contributed by atoms with Gasteiger partial charge in [-0.2, -0.15) is 13.2 Å². The topological polar surface area (TPSA) is 17.3 Å². The van der Waals surface area contributed by atoms with Crippen LogP contribution in [0, 0.1) is 10.5 Å². The summed E-state index contributed by atoms with van der Waals surface area (Å²) in [6, 6.07) is 7.21. The van der Waals surface area contributed by atoms with Crippen molar-refractivity contribution >= 4 is 28.2 Å². The van der Waals surface area contributed by atoms with Crippen molar-refractivity contribution in [2.24, 2.45) is 0 Å². The van der Waals surface area contributed by atoms with Gasteiger partial charge in [0.2, 0.25) is 0 Å². The minimum Gasteiger partial charge on any atom is -0.305 e. The van der Waals surface area contributed by atoms with Crippen molar-refractivity contribution < 1.29 is 13.2 Å². The minimum absolute atomic E-state index is 0.461. The van der Waals surface area contributed by atoms with E-state index < -0.39 is 11.7 Å². The van der Waals surface area contributed by atoms with E-state index in [-0.39, 0.29) is 0 Å². The molecule has 108 valence electrons. The Balaban J connectivity index is 2.15. The SMILES string of the molecule is Cc1cc(I)cn2cc(-c3cccc(C(F)(F)F)c3)nc12. The van der Waals surface area contributed by atoms with Crippen LogP contribution in [0.5, 0.6) is 0 Å². The summed E-state index contributed by atoms with van der Waals surface area (Å²) >= 11 is 2.20. The first kappa shape index (κ1) is 14.4. The Morgan fingerprint density at radius 3 is 2.62 bits per heavy atom. The predicted molar refractivity (Wildman–Crippen MR) is 83.1 cm³/mol. The van der Waals surface area contributed by atoms with Crippen LogP contribution in [0.3, 0.4) is 0 Å². The molecule has 0 radical (unpaired) electrons. The first-order valence-electron chi connectivity index (χ1n) is 6.17. The molecule has 0 amide bonds. The van der Waals surface area contributed by atoms with E-state index in [1.165, 1.54) is 6.07 Å². The lowest BCUT2D eigenvalue weighted by atomic mass is 10.1. The van der Waals surface area contributed by atoms with Crippen molar-refractivity contribution in [2.75, 3.05) is 0 Å². The maximum absolute atomic E-state index is 12.8. The van der Waals surface area contributed by atoms with Crippen molar-refractivity contribution in [3.05, 3.63) is 57.4 Å². The third-order valence-electron chi connectivity index (χ3n) is 3.19. The highest BCUT2D eigenvalue weighted by Gasteiger charge is 2.30. The normalized spacial score (nSPS) is 12.0. The molecule has 0 aliphatic carbocycles. The van der Waals surface area contributed by atoms with Crippen LogP contribution < -0.4 is 0 Å². The first-order valence-corrected chi connectivity index (χ1v) is 7.25. The predicted octanol–water partition coefficient (Wildman–Crippen LogP) is 4.93. The summed E-state index contributed by atoms with van der Waals surface area (Å²) < 4.78 is 41.2. The molecule has 0 aliphatic heterocycles. The van der Waals surface area contributed by atoms with Gasteiger partial charge in [0.25, 0.3) is 0 Å². The Kier molecular flexibility index (Phi) is 3.43. The molecule has 0 saturated heterocycles. The number of pyridine rings is 1. The maximum atomic E-state index is 12.8. The van der Waals surface area contributed by atoms with E-state index in [0.29, 0.717) is 11.3 Å². The van der Waals surface area contributed by atoms with Gasteiger partial charge in [0.15, 0.2) is 0 Å². The zero-order valence-electron chi connectivity index (χ0n) is 10.9. The summed E-state index contributed by atoms with van der Waals surface area (Å²) in [4.78, 5) is 4.44. The molecule has 3 rings (SSSR count). The highest BCUT2D eigenvalue weighted by atomic mass is 127. The molecule has 2 aromatic heterocycles. The quantitative estimate of drug-likeness (QED) is 0.528. The Bertz CT molecular complexity index is 821.